The molecule has 2 aliphatic carbocycles. The molecule has 3 unspecified atom stereocenters. The fourth-order valence-corrected chi connectivity index (χ4v) is 6.72. The van der Waals surface area contributed by atoms with Gasteiger partial charge in [-0.3, -0.25) is 9.98 Å². The summed E-state index contributed by atoms with van der Waals surface area (Å²) in [6.45, 7) is 3.27. The maximum atomic E-state index is 10.6. The van der Waals surface area contributed by atoms with Crippen molar-refractivity contribution in [1.82, 2.24) is 10.2 Å². The molecule has 3 aliphatic heterocycles. The van der Waals surface area contributed by atoms with Gasteiger partial charge >= 0.3 is 0 Å². The Morgan fingerprint density at radius 1 is 1.18 bits per heavy atom. The molecule has 0 amide bonds. The zero-order chi connectivity index (χ0) is 27.5. The standard InChI is InChI=1S/C33H45N5O2/c1-40-19-3-2-6-23-11-13-27-28(21-35-30(27)20-23)29-14-12-24-7-4-10-31(32(24)37-29)38-17-15-26(16-18-38)36-22-33(34,39)25-8-5-9-25/h4,7,10-11,13-14,20-21,24-26,28,36,39H,2-3,5-6,8-9,12,15-19,22,34H2,1H3. The van der Waals surface area contributed by atoms with Crippen LogP contribution in [0.15, 0.2) is 63.9 Å². The van der Waals surface area contributed by atoms with Crippen LogP contribution in [0.5, 0.6) is 0 Å². The molecule has 1 saturated carbocycles. The van der Waals surface area contributed by atoms with Crippen LogP contribution in [-0.4, -0.2) is 67.1 Å². The lowest BCUT2D eigenvalue weighted by Gasteiger charge is -2.41. The van der Waals surface area contributed by atoms with E-state index in [-0.39, 0.29) is 11.8 Å². The van der Waals surface area contributed by atoms with Crippen molar-refractivity contribution in [3.05, 3.63) is 65.0 Å². The van der Waals surface area contributed by atoms with Crippen LogP contribution in [-0.2, 0) is 11.2 Å². The fourth-order valence-electron chi connectivity index (χ4n) is 6.72. The molecular formula is C33H45N5O2. The second kappa shape index (κ2) is 12.1. The molecule has 214 valence electrons. The van der Waals surface area contributed by atoms with Crippen molar-refractivity contribution in [2.45, 2.75) is 75.5 Å². The number of methoxy groups -OCH3 is 1. The number of ether oxygens (including phenoxy) is 1. The molecule has 5 aliphatic rings. The van der Waals surface area contributed by atoms with Crippen molar-refractivity contribution in [3.63, 3.8) is 0 Å². The van der Waals surface area contributed by atoms with Gasteiger partial charge in [0.05, 0.1) is 23.0 Å². The minimum atomic E-state index is -1.08. The number of allylic oxidation sites excluding steroid dienone is 6. The van der Waals surface area contributed by atoms with Gasteiger partial charge in [-0.1, -0.05) is 36.8 Å². The first kappa shape index (κ1) is 27.6. The fraction of sp³-hybridized carbons (Fsp3) is 0.576. The molecule has 7 nitrogen and oxygen atoms in total. The molecule has 1 aromatic carbocycles. The summed E-state index contributed by atoms with van der Waals surface area (Å²) in [7, 11) is 1.76. The third-order valence-corrected chi connectivity index (χ3v) is 9.54. The number of unbranched alkanes of at least 4 members (excludes halogenated alkanes) is 1. The highest BCUT2D eigenvalue weighted by atomic mass is 16.5. The van der Waals surface area contributed by atoms with E-state index in [0.29, 0.717) is 18.5 Å². The van der Waals surface area contributed by atoms with Crippen molar-refractivity contribution in [3.8, 4) is 0 Å². The van der Waals surface area contributed by atoms with Gasteiger partial charge in [0.2, 0.25) is 0 Å². The average Bonchev–Trinajstić information content (AvgIpc) is 3.36. The normalized spacial score (nSPS) is 26.0. The van der Waals surface area contributed by atoms with Crippen LogP contribution >= 0.6 is 0 Å². The third-order valence-electron chi connectivity index (χ3n) is 9.54. The van der Waals surface area contributed by atoms with E-state index < -0.39 is 5.72 Å². The molecule has 1 saturated heterocycles. The maximum Gasteiger partial charge on any atom is 0.128 e. The summed E-state index contributed by atoms with van der Waals surface area (Å²) in [4.78, 5) is 12.6. The molecule has 7 heteroatoms. The predicted octanol–water partition coefficient (Wildman–Crippen LogP) is 4.76. The van der Waals surface area contributed by atoms with Crippen LogP contribution in [0.3, 0.4) is 0 Å². The van der Waals surface area contributed by atoms with Gasteiger partial charge in [-0.05, 0) is 74.6 Å². The van der Waals surface area contributed by atoms with Crippen LogP contribution in [0.25, 0.3) is 0 Å². The quantitative estimate of drug-likeness (QED) is 0.276. The number of hydrogen-bond acceptors (Lipinski definition) is 7. The molecule has 3 heterocycles. The monoisotopic (exact) mass is 543 g/mol. The Bertz CT molecular complexity index is 1220. The van der Waals surface area contributed by atoms with Gasteiger partial charge in [0.1, 0.15) is 5.72 Å². The average molecular weight is 544 g/mol. The second-order valence-corrected chi connectivity index (χ2v) is 12.3. The number of fused-ring (bicyclic) bond motifs is 2. The molecule has 0 bridgehead atoms. The van der Waals surface area contributed by atoms with Crippen molar-refractivity contribution < 1.29 is 9.84 Å². The molecule has 2 fully saturated rings. The van der Waals surface area contributed by atoms with Gasteiger partial charge < -0.3 is 25.8 Å². The highest BCUT2D eigenvalue weighted by Gasteiger charge is 2.37. The maximum absolute atomic E-state index is 10.6. The first-order chi connectivity index (χ1) is 19.5. The number of benzene rings is 1. The minimum Gasteiger partial charge on any atom is -0.385 e. The van der Waals surface area contributed by atoms with Crippen molar-refractivity contribution in [2.75, 3.05) is 33.4 Å². The molecular weight excluding hydrogens is 498 g/mol. The first-order valence-electron chi connectivity index (χ1n) is 15.3. The van der Waals surface area contributed by atoms with E-state index >= 15 is 0 Å². The van der Waals surface area contributed by atoms with Gasteiger partial charge in [0, 0.05) is 63.1 Å². The molecule has 4 N–H and O–H groups in total. The summed E-state index contributed by atoms with van der Waals surface area (Å²) < 4.78 is 5.19. The lowest BCUT2D eigenvalue weighted by molar-refractivity contribution is -0.0463. The lowest BCUT2D eigenvalue weighted by Crippen LogP contribution is -2.58. The number of nitrogens with zero attached hydrogens (tertiary/aromatic N) is 3. The van der Waals surface area contributed by atoms with Crippen molar-refractivity contribution >= 4 is 17.6 Å². The summed E-state index contributed by atoms with van der Waals surface area (Å²) in [5, 5.41) is 14.2. The molecule has 6 rings (SSSR count). The number of aliphatic hydroxyl groups is 1. The van der Waals surface area contributed by atoms with Crippen LogP contribution < -0.4 is 11.1 Å². The Kier molecular flexibility index (Phi) is 8.35. The van der Waals surface area contributed by atoms with Gasteiger partial charge in [0.15, 0.2) is 0 Å². The summed E-state index contributed by atoms with van der Waals surface area (Å²) >= 11 is 0. The highest BCUT2D eigenvalue weighted by molar-refractivity contribution is 6.05. The molecule has 3 atom stereocenters. The van der Waals surface area contributed by atoms with E-state index in [4.69, 9.17) is 20.5 Å². The molecule has 40 heavy (non-hydrogen) atoms. The van der Waals surface area contributed by atoms with E-state index in [1.807, 2.05) is 0 Å². The Morgan fingerprint density at radius 2 is 2.02 bits per heavy atom. The van der Waals surface area contributed by atoms with Crippen LogP contribution in [0.4, 0.5) is 5.69 Å². The van der Waals surface area contributed by atoms with E-state index in [2.05, 4.69) is 58.9 Å². The van der Waals surface area contributed by atoms with E-state index in [1.165, 1.54) is 29.0 Å². The Hall–Kier alpha value is -2.58. The molecule has 1 aromatic rings. The zero-order valence-electron chi connectivity index (χ0n) is 23.9. The summed E-state index contributed by atoms with van der Waals surface area (Å²) in [6, 6.07) is 7.16. The predicted molar refractivity (Wildman–Crippen MR) is 162 cm³/mol. The van der Waals surface area contributed by atoms with E-state index in [9.17, 15) is 5.11 Å². The highest BCUT2D eigenvalue weighted by Crippen LogP contribution is 2.41. The number of aryl methyl sites for hydroxylation is 1. The lowest BCUT2D eigenvalue weighted by atomic mass is 9.77. The second-order valence-electron chi connectivity index (χ2n) is 12.3. The number of nitrogens with two attached hydrogens (primary N) is 1. The smallest absolute Gasteiger partial charge is 0.128 e. The van der Waals surface area contributed by atoms with Gasteiger partial charge in [-0.25, -0.2) is 0 Å². The Balaban J connectivity index is 1.08. The number of piperidine rings is 1. The summed E-state index contributed by atoms with van der Waals surface area (Å²) in [5.74, 6) is 0.702. The van der Waals surface area contributed by atoms with Crippen LogP contribution in [0.2, 0.25) is 0 Å². The van der Waals surface area contributed by atoms with E-state index in [1.54, 1.807) is 7.11 Å². The van der Waals surface area contributed by atoms with Gasteiger partial charge in [-0.2, -0.15) is 0 Å². The summed E-state index contributed by atoms with van der Waals surface area (Å²) in [6.07, 6.45) is 20.7. The first-order valence-corrected chi connectivity index (χ1v) is 15.3. The molecule has 0 spiro atoms. The van der Waals surface area contributed by atoms with E-state index in [0.717, 1.165) is 82.4 Å². The largest absolute Gasteiger partial charge is 0.385 e. The number of likely N-dealkylation sites (tertiary alicyclic amines) is 1. The SMILES string of the molecule is COCCCCc1ccc2c(c1)N=CC2C1=CCC2C=CC=C(N3CCC(NCC(N)(O)C4CCC4)CC3)C2=N1. The Morgan fingerprint density at radius 3 is 2.80 bits per heavy atom. The zero-order valence-corrected chi connectivity index (χ0v) is 23.9. The van der Waals surface area contributed by atoms with Crippen molar-refractivity contribution in [1.29, 1.82) is 0 Å². The third kappa shape index (κ3) is 5.89. The number of rotatable bonds is 11. The molecule has 0 aromatic heterocycles. The Labute approximate surface area is 239 Å². The van der Waals surface area contributed by atoms with Gasteiger partial charge in [-0.15, -0.1) is 0 Å². The van der Waals surface area contributed by atoms with Gasteiger partial charge in [0.25, 0.3) is 0 Å². The van der Waals surface area contributed by atoms with Crippen molar-refractivity contribution in [2.24, 2.45) is 27.6 Å². The molecule has 0 radical (unpaired) electrons. The number of nitrogens with one attached hydrogen (secondary N) is 1. The van der Waals surface area contributed by atoms with Crippen LogP contribution in [0.1, 0.15) is 68.4 Å². The summed E-state index contributed by atoms with van der Waals surface area (Å²) in [5.41, 5.74) is 12.4. The number of hydrogen-bond donors (Lipinski definition) is 3. The van der Waals surface area contributed by atoms with Crippen LogP contribution in [0, 0.1) is 11.8 Å². The number of aliphatic imine (C=N–C) groups is 2. The minimum absolute atomic E-state index is 0.124. The topological polar surface area (TPSA) is 95.5 Å².